The Kier molecular flexibility index (Phi) is 5.49. The van der Waals surface area contributed by atoms with Crippen molar-refractivity contribution in [3.8, 4) is 0 Å². The van der Waals surface area contributed by atoms with E-state index in [-0.39, 0.29) is 5.97 Å². The Labute approximate surface area is 127 Å². The van der Waals surface area contributed by atoms with Gasteiger partial charge in [-0.2, -0.15) is 0 Å². The average molecular weight is 298 g/mol. The highest BCUT2D eigenvalue weighted by Gasteiger charge is 2.37. The molecule has 120 valence electrons. The Morgan fingerprint density at radius 3 is 2.71 bits per heavy atom. The van der Waals surface area contributed by atoms with E-state index < -0.39 is 0 Å². The molecule has 3 rings (SSSR count). The van der Waals surface area contributed by atoms with Gasteiger partial charge in [0.2, 0.25) is 0 Å². The lowest BCUT2D eigenvalue weighted by atomic mass is 9.84. The lowest BCUT2D eigenvalue weighted by Gasteiger charge is -2.41. The maximum absolute atomic E-state index is 12.0. The van der Waals surface area contributed by atoms with Crippen molar-refractivity contribution in [3.63, 3.8) is 0 Å². The van der Waals surface area contributed by atoms with Crippen molar-refractivity contribution >= 4 is 5.97 Å². The number of fused-ring (bicyclic) bond motifs is 1. The minimum Gasteiger partial charge on any atom is -0.461 e. The second-order valence-corrected chi connectivity index (χ2v) is 6.88. The zero-order valence-electron chi connectivity index (χ0n) is 13.1. The van der Waals surface area contributed by atoms with Crippen molar-refractivity contribution in [2.24, 2.45) is 5.92 Å². The number of carbonyl (C=O) groups is 1. The number of hydrogen-bond donors (Lipinski definition) is 2. The molecule has 3 saturated heterocycles. The smallest absolute Gasteiger partial charge is 0.361 e. The van der Waals surface area contributed by atoms with E-state index in [0.29, 0.717) is 19.1 Å². The topological polar surface area (TPSA) is 44.4 Å². The van der Waals surface area contributed by atoms with Gasteiger partial charge in [-0.15, -0.1) is 0 Å². The predicted octanol–water partition coefficient (Wildman–Crippen LogP) is -1.71. The fourth-order valence-electron chi connectivity index (χ4n) is 4.27. The summed E-state index contributed by atoms with van der Waals surface area (Å²) in [6, 6.07) is 0.746. The van der Waals surface area contributed by atoms with Crippen molar-refractivity contribution in [1.82, 2.24) is 0 Å². The third kappa shape index (κ3) is 4.18. The van der Waals surface area contributed by atoms with Gasteiger partial charge < -0.3 is 19.3 Å². The summed E-state index contributed by atoms with van der Waals surface area (Å²) in [6.07, 6.45) is 6.59. The number of nitrogens with one attached hydrogen (secondary N) is 2. The van der Waals surface area contributed by atoms with Crippen LogP contribution in [-0.2, 0) is 14.3 Å². The molecule has 0 aromatic rings. The SMILES string of the molecule is O=C(C[NH+]1CCOCC1)OC[C@@H]1CCC[NH+]2CCCC[C@@H]12. The van der Waals surface area contributed by atoms with Gasteiger partial charge in [0.1, 0.15) is 13.1 Å². The van der Waals surface area contributed by atoms with Crippen LogP contribution in [0, 0.1) is 5.92 Å². The summed E-state index contributed by atoms with van der Waals surface area (Å²) in [5.41, 5.74) is 0. The Bertz CT molecular complexity index is 342. The molecule has 0 aromatic heterocycles. The molecular formula is C16H30N2O3+2. The van der Waals surface area contributed by atoms with Crippen LogP contribution in [0.1, 0.15) is 32.1 Å². The monoisotopic (exact) mass is 298 g/mol. The molecule has 0 aromatic carbocycles. The third-order valence-electron chi connectivity index (χ3n) is 5.48. The van der Waals surface area contributed by atoms with Crippen LogP contribution in [0.25, 0.3) is 0 Å². The molecule has 2 N–H and O–H groups in total. The molecule has 0 saturated carbocycles. The van der Waals surface area contributed by atoms with E-state index in [1.807, 2.05) is 0 Å². The fraction of sp³-hybridized carbons (Fsp3) is 0.938. The van der Waals surface area contributed by atoms with E-state index in [1.165, 1.54) is 50.1 Å². The first-order chi connectivity index (χ1) is 10.3. The zero-order chi connectivity index (χ0) is 14.5. The maximum Gasteiger partial charge on any atom is 0.361 e. The van der Waals surface area contributed by atoms with Crippen LogP contribution < -0.4 is 9.80 Å². The molecule has 3 aliphatic heterocycles. The fourth-order valence-corrected chi connectivity index (χ4v) is 4.27. The lowest BCUT2D eigenvalue weighted by molar-refractivity contribution is -0.940. The third-order valence-corrected chi connectivity index (χ3v) is 5.48. The van der Waals surface area contributed by atoms with E-state index in [0.717, 1.165) is 32.3 Å². The summed E-state index contributed by atoms with van der Waals surface area (Å²) in [5, 5.41) is 0. The number of piperidine rings is 2. The molecular weight excluding hydrogens is 268 g/mol. The molecule has 0 amide bonds. The molecule has 3 atom stereocenters. The second kappa shape index (κ2) is 7.56. The normalized spacial score (nSPS) is 34.2. The van der Waals surface area contributed by atoms with Gasteiger partial charge in [-0.05, 0) is 32.1 Å². The van der Waals surface area contributed by atoms with Gasteiger partial charge in [0.15, 0.2) is 6.54 Å². The van der Waals surface area contributed by atoms with Crippen LogP contribution in [-0.4, -0.2) is 64.6 Å². The molecule has 21 heavy (non-hydrogen) atoms. The number of esters is 1. The first-order valence-corrected chi connectivity index (χ1v) is 8.74. The maximum atomic E-state index is 12.0. The zero-order valence-corrected chi connectivity index (χ0v) is 13.1. The van der Waals surface area contributed by atoms with E-state index in [1.54, 1.807) is 4.90 Å². The predicted molar refractivity (Wildman–Crippen MR) is 78.4 cm³/mol. The summed E-state index contributed by atoms with van der Waals surface area (Å²) < 4.78 is 10.9. The van der Waals surface area contributed by atoms with Crippen LogP contribution in [0.2, 0.25) is 0 Å². The van der Waals surface area contributed by atoms with Gasteiger partial charge in [0, 0.05) is 5.92 Å². The van der Waals surface area contributed by atoms with E-state index in [9.17, 15) is 4.79 Å². The second-order valence-electron chi connectivity index (χ2n) is 6.88. The van der Waals surface area contributed by atoms with Crippen LogP contribution in [0.5, 0.6) is 0 Å². The van der Waals surface area contributed by atoms with Crippen LogP contribution in [0.15, 0.2) is 0 Å². The molecule has 0 aliphatic carbocycles. The summed E-state index contributed by atoms with van der Waals surface area (Å²) in [7, 11) is 0. The van der Waals surface area contributed by atoms with Crippen LogP contribution >= 0.6 is 0 Å². The van der Waals surface area contributed by atoms with Crippen molar-refractivity contribution in [2.45, 2.75) is 38.1 Å². The first kappa shape index (κ1) is 15.3. The summed E-state index contributed by atoms with van der Waals surface area (Å²) >= 11 is 0. The molecule has 3 aliphatic rings. The van der Waals surface area contributed by atoms with Gasteiger partial charge >= 0.3 is 5.97 Å². The molecule has 5 heteroatoms. The minimum absolute atomic E-state index is 0.0187. The van der Waals surface area contributed by atoms with Gasteiger partial charge in [0.05, 0.1) is 39.0 Å². The van der Waals surface area contributed by atoms with Crippen molar-refractivity contribution in [1.29, 1.82) is 0 Å². The van der Waals surface area contributed by atoms with Gasteiger partial charge in [-0.3, -0.25) is 0 Å². The van der Waals surface area contributed by atoms with Gasteiger partial charge in [0.25, 0.3) is 0 Å². The molecule has 0 radical (unpaired) electrons. The Morgan fingerprint density at radius 1 is 1.05 bits per heavy atom. The Balaban J connectivity index is 1.42. The highest BCUT2D eigenvalue weighted by Crippen LogP contribution is 2.20. The summed E-state index contributed by atoms with van der Waals surface area (Å²) in [4.78, 5) is 15.1. The van der Waals surface area contributed by atoms with E-state index in [2.05, 4.69) is 0 Å². The summed E-state index contributed by atoms with van der Waals surface area (Å²) in [6.45, 7) is 7.21. The first-order valence-electron chi connectivity index (χ1n) is 8.74. The molecule has 0 bridgehead atoms. The number of hydrogen-bond acceptors (Lipinski definition) is 3. The quantitative estimate of drug-likeness (QED) is 0.608. The Morgan fingerprint density at radius 2 is 1.86 bits per heavy atom. The molecule has 1 unspecified atom stereocenters. The van der Waals surface area contributed by atoms with Crippen molar-refractivity contribution in [2.75, 3.05) is 52.5 Å². The molecule has 3 fully saturated rings. The molecule has 5 nitrogen and oxygen atoms in total. The number of ether oxygens (including phenoxy) is 2. The number of quaternary nitrogens is 2. The summed E-state index contributed by atoms with van der Waals surface area (Å²) in [5.74, 6) is 0.576. The van der Waals surface area contributed by atoms with Crippen molar-refractivity contribution < 1.29 is 24.1 Å². The van der Waals surface area contributed by atoms with E-state index in [4.69, 9.17) is 9.47 Å². The van der Waals surface area contributed by atoms with Gasteiger partial charge in [-0.25, -0.2) is 4.79 Å². The molecule has 3 heterocycles. The lowest BCUT2D eigenvalue weighted by Crippen LogP contribution is -3.18. The number of morpholine rings is 1. The van der Waals surface area contributed by atoms with E-state index >= 15 is 0 Å². The molecule has 0 spiro atoms. The van der Waals surface area contributed by atoms with Gasteiger partial charge in [-0.1, -0.05) is 0 Å². The largest absolute Gasteiger partial charge is 0.461 e. The van der Waals surface area contributed by atoms with Crippen molar-refractivity contribution in [3.05, 3.63) is 0 Å². The highest BCUT2D eigenvalue weighted by atomic mass is 16.5. The van der Waals surface area contributed by atoms with Crippen LogP contribution in [0.3, 0.4) is 0 Å². The Hall–Kier alpha value is -0.650. The standard InChI is InChI=1S/C16H28N2O3/c19-16(12-17-8-10-20-11-9-17)21-13-14-4-3-7-18-6-2-1-5-15(14)18/h14-15H,1-13H2/p+2/t14-,15-/m0/s1. The minimum atomic E-state index is -0.0187. The average Bonchev–Trinajstić information content (AvgIpc) is 2.54. The van der Waals surface area contributed by atoms with Crippen LogP contribution in [0.4, 0.5) is 0 Å². The number of rotatable bonds is 4. The number of carbonyl (C=O) groups excluding carboxylic acids is 1. The highest BCUT2D eigenvalue weighted by molar-refractivity contribution is 5.70.